The first kappa shape index (κ1) is 21.4. The van der Waals surface area contributed by atoms with Gasteiger partial charge >= 0.3 is 5.97 Å². The van der Waals surface area contributed by atoms with Crippen molar-refractivity contribution in [1.82, 2.24) is 4.31 Å². The Hall–Kier alpha value is -1.89. The Kier molecular flexibility index (Phi) is 7.03. The van der Waals surface area contributed by atoms with Crippen LogP contribution in [0.25, 0.3) is 0 Å². The highest BCUT2D eigenvalue weighted by Gasteiger charge is 2.24. The molecular weight excluding hydrogens is 386 g/mol. The number of esters is 1. The molecule has 2 rings (SSSR count). The smallest absolute Gasteiger partial charge is 0.340 e. The van der Waals surface area contributed by atoms with E-state index in [1.54, 1.807) is 13.8 Å². The first-order valence-corrected chi connectivity index (χ1v) is 10.6. The van der Waals surface area contributed by atoms with Gasteiger partial charge in [-0.15, -0.1) is 0 Å². The number of halogens is 1. The van der Waals surface area contributed by atoms with Crippen LogP contribution in [0.15, 0.2) is 41.3 Å². The number of carbonyl (C=O) groups is 1. The lowest BCUT2D eigenvalue weighted by molar-refractivity contribution is 0.0472. The Morgan fingerprint density at radius 3 is 2.37 bits per heavy atom. The van der Waals surface area contributed by atoms with Crippen LogP contribution in [0.3, 0.4) is 0 Å². The van der Waals surface area contributed by atoms with Gasteiger partial charge in [0.05, 0.1) is 15.5 Å². The normalized spacial score (nSPS) is 11.6. The average molecular weight is 410 g/mol. The topological polar surface area (TPSA) is 63.7 Å². The molecule has 0 radical (unpaired) electrons. The van der Waals surface area contributed by atoms with Gasteiger partial charge in [-0.05, 0) is 43.2 Å². The second-order valence-electron chi connectivity index (χ2n) is 6.24. The lowest BCUT2D eigenvalue weighted by atomic mass is 10.1. The summed E-state index contributed by atoms with van der Waals surface area (Å²) in [4.78, 5) is 12.5. The summed E-state index contributed by atoms with van der Waals surface area (Å²) in [6, 6.07) is 9.98. The molecule has 0 heterocycles. The number of rotatable bonds is 7. The van der Waals surface area contributed by atoms with E-state index in [-0.39, 0.29) is 22.1 Å². The molecule has 0 atom stereocenters. The zero-order valence-corrected chi connectivity index (χ0v) is 17.5. The van der Waals surface area contributed by atoms with E-state index in [2.05, 4.69) is 0 Å². The molecule has 0 N–H and O–H groups in total. The predicted molar refractivity (Wildman–Crippen MR) is 107 cm³/mol. The van der Waals surface area contributed by atoms with E-state index in [0.29, 0.717) is 13.1 Å². The largest absolute Gasteiger partial charge is 0.457 e. The predicted octanol–water partition coefficient (Wildman–Crippen LogP) is 4.34. The summed E-state index contributed by atoms with van der Waals surface area (Å²) in [5, 5.41) is 0.152. The summed E-state index contributed by atoms with van der Waals surface area (Å²) >= 11 is 6.12. The van der Waals surface area contributed by atoms with Gasteiger partial charge in [0.1, 0.15) is 6.61 Å². The summed E-state index contributed by atoms with van der Waals surface area (Å²) in [6.45, 7) is 8.19. The van der Waals surface area contributed by atoms with E-state index in [1.807, 2.05) is 32.0 Å². The molecule has 0 aliphatic rings. The third kappa shape index (κ3) is 4.89. The fourth-order valence-electron chi connectivity index (χ4n) is 2.71. The highest BCUT2D eigenvalue weighted by Crippen LogP contribution is 2.24. The highest BCUT2D eigenvalue weighted by atomic mass is 35.5. The fraction of sp³-hybridized carbons (Fsp3) is 0.350. The molecule has 2 aromatic rings. The Balaban J connectivity index is 2.27. The molecule has 0 aliphatic carbocycles. The molecule has 0 spiro atoms. The molecule has 146 valence electrons. The summed E-state index contributed by atoms with van der Waals surface area (Å²) < 4.78 is 32.0. The molecule has 5 nitrogen and oxygen atoms in total. The maximum absolute atomic E-state index is 12.7. The molecule has 0 amide bonds. The van der Waals surface area contributed by atoms with E-state index in [4.69, 9.17) is 16.3 Å². The Morgan fingerprint density at radius 1 is 1.07 bits per heavy atom. The molecule has 27 heavy (non-hydrogen) atoms. The van der Waals surface area contributed by atoms with Crippen LogP contribution in [0.4, 0.5) is 0 Å². The Bertz CT molecular complexity index is 937. The maximum Gasteiger partial charge on any atom is 0.340 e. The minimum absolute atomic E-state index is 0.0225. The van der Waals surface area contributed by atoms with Crippen molar-refractivity contribution in [2.45, 2.75) is 39.2 Å². The van der Waals surface area contributed by atoms with Gasteiger partial charge in [0.25, 0.3) is 0 Å². The van der Waals surface area contributed by atoms with Crippen LogP contribution >= 0.6 is 11.6 Å². The number of benzene rings is 2. The molecule has 0 unspecified atom stereocenters. The van der Waals surface area contributed by atoms with Gasteiger partial charge in [-0.25, -0.2) is 13.2 Å². The van der Waals surface area contributed by atoms with Gasteiger partial charge in [-0.3, -0.25) is 0 Å². The number of ether oxygens (including phenoxy) is 1. The molecule has 0 aromatic heterocycles. The second-order valence-corrected chi connectivity index (χ2v) is 8.58. The van der Waals surface area contributed by atoms with Crippen molar-refractivity contribution in [3.8, 4) is 0 Å². The standard InChI is InChI=1S/C20H24ClNO4S/c1-5-22(6-2)27(24,25)17-9-10-19(21)18(12-17)20(23)26-13-16-11-14(3)7-8-15(16)4/h7-12H,5-6,13H2,1-4H3. The van der Waals surface area contributed by atoms with Crippen molar-refractivity contribution >= 4 is 27.6 Å². The third-order valence-corrected chi connectivity index (χ3v) is 6.74. The average Bonchev–Trinajstić information content (AvgIpc) is 2.63. The van der Waals surface area contributed by atoms with E-state index < -0.39 is 16.0 Å². The molecule has 2 aromatic carbocycles. The third-order valence-electron chi connectivity index (χ3n) is 4.36. The van der Waals surface area contributed by atoms with Crippen molar-refractivity contribution in [2.24, 2.45) is 0 Å². The lowest BCUT2D eigenvalue weighted by Gasteiger charge is -2.19. The minimum Gasteiger partial charge on any atom is -0.457 e. The van der Waals surface area contributed by atoms with Crippen LogP contribution in [0.1, 0.15) is 40.9 Å². The van der Waals surface area contributed by atoms with Crippen molar-refractivity contribution < 1.29 is 17.9 Å². The Morgan fingerprint density at radius 2 is 1.74 bits per heavy atom. The van der Waals surface area contributed by atoms with E-state index in [0.717, 1.165) is 16.7 Å². The van der Waals surface area contributed by atoms with Crippen molar-refractivity contribution in [2.75, 3.05) is 13.1 Å². The monoisotopic (exact) mass is 409 g/mol. The summed E-state index contributed by atoms with van der Waals surface area (Å²) in [6.07, 6.45) is 0. The zero-order chi connectivity index (χ0) is 20.2. The molecule has 7 heteroatoms. The van der Waals surface area contributed by atoms with E-state index in [9.17, 15) is 13.2 Å². The van der Waals surface area contributed by atoms with Crippen LogP contribution in [-0.4, -0.2) is 31.8 Å². The second kappa shape index (κ2) is 8.87. The molecular formula is C20H24ClNO4S. The van der Waals surface area contributed by atoms with Crippen LogP contribution in [0, 0.1) is 13.8 Å². The number of hydrogen-bond donors (Lipinski definition) is 0. The van der Waals surface area contributed by atoms with Gasteiger partial charge in [-0.1, -0.05) is 49.2 Å². The Labute approximate surface area is 166 Å². The number of carbonyl (C=O) groups excluding carboxylic acids is 1. The zero-order valence-electron chi connectivity index (χ0n) is 16.0. The van der Waals surface area contributed by atoms with Gasteiger partial charge in [-0.2, -0.15) is 4.31 Å². The molecule has 0 fully saturated rings. The molecule has 0 saturated heterocycles. The van der Waals surface area contributed by atoms with Gasteiger partial charge < -0.3 is 4.74 Å². The van der Waals surface area contributed by atoms with Gasteiger partial charge in [0, 0.05) is 13.1 Å². The number of aryl methyl sites for hydroxylation is 2. The number of sulfonamides is 1. The summed E-state index contributed by atoms with van der Waals surface area (Å²) in [5.74, 6) is -0.655. The number of nitrogens with zero attached hydrogens (tertiary/aromatic N) is 1. The van der Waals surface area contributed by atoms with Crippen molar-refractivity contribution in [3.05, 3.63) is 63.7 Å². The van der Waals surface area contributed by atoms with Crippen LogP contribution in [0.5, 0.6) is 0 Å². The first-order valence-electron chi connectivity index (χ1n) is 8.73. The van der Waals surface area contributed by atoms with Gasteiger partial charge in [0.15, 0.2) is 0 Å². The number of hydrogen-bond acceptors (Lipinski definition) is 4. The maximum atomic E-state index is 12.7. The van der Waals surface area contributed by atoms with Crippen molar-refractivity contribution in [3.63, 3.8) is 0 Å². The lowest BCUT2D eigenvalue weighted by Crippen LogP contribution is -2.30. The fourth-order valence-corrected chi connectivity index (χ4v) is 4.39. The molecule has 0 saturated carbocycles. The minimum atomic E-state index is -3.69. The molecule has 0 bridgehead atoms. The van der Waals surface area contributed by atoms with Gasteiger partial charge in [0.2, 0.25) is 10.0 Å². The van der Waals surface area contributed by atoms with E-state index >= 15 is 0 Å². The molecule has 0 aliphatic heterocycles. The van der Waals surface area contributed by atoms with Crippen molar-refractivity contribution in [1.29, 1.82) is 0 Å². The van der Waals surface area contributed by atoms with E-state index in [1.165, 1.54) is 22.5 Å². The van der Waals surface area contributed by atoms with Crippen LogP contribution < -0.4 is 0 Å². The summed E-state index contributed by atoms with van der Waals surface area (Å²) in [7, 11) is -3.69. The van der Waals surface area contributed by atoms with Crippen LogP contribution in [-0.2, 0) is 21.4 Å². The summed E-state index contributed by atoms with van der Waals surface area (Å²) in [5.41, 5.74) is 3.01. The SMILES string of the molecule is CCN(CC)S(=O)(=O)c1ccc(Cl)c(C(=O)OCc2cc(C)ccc2C)c1. The highest BCUT2D eigenvalue weighted by molar-refractivity contribution is 7.89. The first-order chi connectivity index (χ1) is 12.7. The van der Waals surface area contributed by atoms with Crippen LogP contribution in [0.2, 0.25) is 5.02 Å². The quantitative estimate of drug-likeness (QED) is 0.638.